The first-order valence-corrected chi connectivity index (χ1v) is 8.76. The van der Waals surface area contributed by atoms with Crippen molar-refractivity contribution in [2.24, 2.45) is 23.0 Å². The first-order valence-electron chi connectivity index (χ1n) is 8.76. The molecule has 130 valence electrons. The monoisotopic (exact) mass is 332 g/mol. The van der Waals surface area contributed by atoms with E-state index in [-0.39, 0.29) is 29.6 Å². The molecule has 2 rings (SSSR count). The molecule has 0 aromatic heterocycles. The highest BCUT2D eigenvalue weighted by Crippen LogP contribution is 2.41. The summed E-state index contributed by atoms with van der Waals surface area (Å²) in [5.41, 5.74) is 6.07. The van der Waals surface area contributed by atoms with Crippen LogP contribution >= 0.6 is 12.4 Å². The summed E-state index contributed by atoms with van der Waals surface area (Å²) < 4.78 is 5.53. The van der Waals surface area contributed by atoms with Crippen LogP contribution in [0.3, 0.4) is 0 Å². The molecule has 2 aliphatic rings. The lowest BCUT2D eigenvalue weighted by Gasteiger charge is -2.30. The van der Waals surface area contributed by atoms with Gasteiger partial charge in [-0.25, -0.2) is 0 Å². The number of carbonyl (C=O) groups is 1. The first-order chi connectivity index (χ1) is 10.2. The van der Waals surface area contributed by atoms with Gasteiger partial charge >= 0.3 is 0 Å². The lowest BCUT2D eigenvalue weighted by Crippen LogP contribution is -2.41. The molecule has 2 saturated carbocycles. The predicted molar refractivity (Wildman–Crippen MR) is 92.2 cm³/mol. The number of nitrogens with one attached hydrogen (secondary N) is 1. The lowest BCUT2D eigenvalue weighted by molar-refractivity contribution is -0.126. The normalized spacial score (nSPS) is 26.6. The Labute approximate surface area is 141 Å². The average molecular weight is 333 g/mol. The smallest absolute Gasteiger partial charge is 0.223 e. The van der Waals surface area contributed by atoms with E-state index in [0.29, 0.717) is 12.5 Å². The Morgan fingerprint density at radius 1 is 1.27 bits per heavy atom. The van der Waals surface area contributed by atoms with E-state index >= 15 is 0 Å². The second kappa shape index (κ2) is 9.74. The van der Waals surface area contributed by atoms with Gasteiger partial charge in [-0.15, -0.1) is 12.4 Å². The van der Waals surface area contributed by atoms with E-state index in [1.54, 1.807) is 0 Å². The van der Waals surface area contributed by atoms with E-state index < -0.39 is 0 Å². The van der Waals surface area contributed by atoms with Gasteiger partial charge in [0, 0.05) is 25.7 Å². The van der Waals surface area contributed by atoms with Crippen LogP contribution in [0.5, 0.6) is 0 Å². The second-order valence-corrected chi connectivity index (χ2v) is 6.91. The van der Waals surface area contributed by atoms with Gasteiger partial charge in [-0.1, -0.05) is 19.3 Å². The molecule has 22 heavy (non-hydrogen) atoms. The van der Waals surface area contributed by atoms with Crippen LogP contribution in [0.2, 0.25) is 0 Å². The van der Waals surface area contributed by atoms with E-state index in [2.05, 4.69) is 5.32 Å². The summed E-state index contributed by atoms with van der Waals surface area (Å²) in [4.78, 5) is 12.4. The van der Waals surface area contributed by atoms with Crippen molar-refractivity contribution in [1.82, 2.24) is 5.32 Å². The minimum atomic E-state index is 0. The van der Waals surface area contributed by atoms with Gasteiger partial charge in [-0.3, -0.25) is 4.79 Å². The summed E-state index contributed by atoms with van der Waals surface area (Å²) in [5, 5.41) is 3.25. The Bertz CT molecular complexity index is 333. The number of hydrogen-bond donors (Lipinski definition) is 2. The largest absolute Gasteiger partial charge is 0.382 e. The molecular weight excluding hydrogens is 300 g/mol. The summed E-state index contributed by atoms with van der Waals surface area (Å²) in [7, 11) is 0. The number of carbonyl (C=O) groups excluding carboxylic acids is 1. The molecule has 0 aromatic carbocycles. The van der Waals surface area contributed by atoms with Gasteiger partial charge in [-0.05, 0) is 56.9 Å². The molecule has 0 unspecified atom stereocenters. The maximum atomic E-state index is 12.4. The maximum Gasteiger partial charge on any atom is 0.223 e. The fraction of sp³-hybridized carbons (Fsp3) is 0.941. The van der Waals surface area contributed by atoms with Gasteiger partial charge < -0.3 is 15.8 Å². The minimum absolute atomic E-state index is 0. The minimum Gasteiger partial charge on any atom is -0.382 e. The first kappa shape index (κ1) is 19.7. The average Bonchev–Trinajstić information content (AvgIpc) is 3.14. The summed E-state index contributed by atoms with van der Waals surface area (Å²) in [6, 6.07) is 0. The molecular formula is C17H33ClN2O2. The zero-order valence-electron chi connectivity index (χ0n) is 13.9. The van der Waals surface area contributed by atoms with E-state index in [0.717, 1.165) is 45.4 Å². The number of amides is 1. The zero-order valence-corrected chi connectivity index (χ0v) is 14.8. The van der Waals surface area contributed by atoms with E-state index in [4.69, 9.17) is 10.5 Å². The van der Waals surface area contributed by atoms with E-state index in [9.17, 15) is 4.79 Å². The molecule has 2 atom stereocenters. The molecule has 0 radical (unpaired) electrons. The summed E-state index contributed by atoms with van der Waals surface area (Å²) in [6.07, 6.45) is 9.38. The van der Waals surface area contributed by atoms with Crippen LogP contribution in [0.15, 0.2) is 0 Å². The third-order valence-corrected chi connectivity index (χ3v) is 5.58. The van der Waals surface area contributed by atoms with Crippen molar-refractivity contribution in [2.45, 2.75) is 58.3 Å². The Balaban J connectivity index is 0.00000242. The van der Waals surface area contributed by atoms with Crippen LogP contribution in [0.4, 0.5) is 0 Å². The van der Waals surface area contributed by atoms with Crippen LogP contribution in [-0.2, 0) is 9.53 Å². The van der Waals surface area contributed by atoms with E-state index in [1.165, 1.54) is 25.7 Å². The highest BCUT2D eigenvalue weighted by Gasteiger charge is 2.36. The highest BCUT2D eigenvalue weighted by atomic mass is 35.5. The van der Waals surface area contributed by atoms with Crippen molar-refractivity contribution in [1.29, 1.82) is 0 Å². The Morgan fingerprint density at radius 3 is 2.64 bits per heavy atom. The number of halogens is 1. The molecule has 2 fully saturated rings. The molecule has 1 amide bonds. The van der Waals surface area contributed by atoms with Crippen LogP contribution in [0.25, 0.3) is 0 Å². The van der Waals surface area contributed by atoms with Crippen LogP contribution in [0.1, 0.15) is 58.3 Å². The fourth-order valence-corrected chi connectivity index (χ4v) is 4.14. The molecule has 5 heteroatoms. The Morgan fingerprint density at radius 2 is 2.00 bits per heavy atom. The van der Waals surface area contributed by atoms with Gasteiger partial charge in [0.05, 0.1) is 0 Å². The van der Waals surface area contributed by atoms with E-state index in [1.807, 2.05) is 6.92 Å². The van der Waals surface area contributed by atoms with Gasteiger partial charge in [0.2, 0.25) is 5.91 Å². The molecule has 0 heterocycles. The van der Waals surface area contributed by atoms with Crippen molar-refractivity contribution >= 4 is 18.3 Å². The highest BCUT2D eigenvalue weighted by molar-refractivity contribution is 5.85. The predicted octanol–water partition coefficient (Wildman–Crippen LogP) is 2.89. The maximum absolute atomic E-state index is 12.4. The zero-order chi connectivity index (χ0) is 15.1. The summed E-state index contributed by atoms with van der Waals surface area (Å²) >= 11 is 0. The third-order valence-electron chi connectivity index (χ3n) is 5.58. The van der Waals surface area contributed by atoms with Crippen molar-refractivity contribution in [3.8, 4) is 0 Å². The van der Waals surface area contributed by atoms with Crippen molar-refractivity contribution in [2.75, 3.05) is 26.3 Å². The quantitative estimate of drug-likeness (QED) is 0.672. The van der Waals surface area contributed by atoms with Gasteiger partial charge in [0.25, 0.3) is 0 Å². The van der Waals surface area contributed by atoms with Crippen LogP contribution in [-0.4, -0.2) is 32.2 Å². The molecule has 0 bridgehead atoms. The number of ether oxygens (including phenoxy) is 1. The van der Waals surface area contributed by atoms with Gasteiger partial charge in [-0.2, -0.15) is 0 Å². The third kappa shape index (κ3) is 5.10. The van der Waals surface area contributed by atoms with Gasteiger partial charge in [0.1, 0.15) is 0 Å². The molecule has 0 spiro atoms. The molecule has 0 aliphatic heterocycles. The summed E-state index contributed by atoms with van der Waals surface area (Å²) in [5.74, 6) is 0.791. The number of hydrogen-bond acceptors (Lipinski definition) is 3. The SMILES string of the molecule is CCOCCC1(CNC(=O)[C@@H]2CCC[C@@H]2CN)CCCC1.Cl. The topological polar surface area (TPSA) is 64.3 Å². The standard InChI is InChI=1S/C17H32N2O2.ClH/c1-2-21-11-10-17(8-3-4-9-17)13-19-16(20)15-7-5-6-14(15)12-18;/h14-15H,2-13,18H2,1H3,(H,19,20);1H/t14-,15-;/m1./s1. The molecule has 2 aliphatic carbocycles. The molecule has 3 N–H and O–H groups in total. The molecule has 0 saturated heterocycles. The van der Waals surface area contributed by atoms with Crippen molar-refractivity contribution in [3.05, 3.63) is 0 Å². The van der Waals surface area contributed by atoms with Crippen molar-refractivity contribution in [3.63, 3.8) is 0 Å². The van der Waals surface area contributed by atoms with Gasteiger partial charge in [0.15, 0.2) is 0 Å². The number of nitrogens with two attached hydrogens (primary N) is 1. The number of rotatable bonds is 8. The molecule has 4 nitrogen and oxygen atoms in total. The molecule has 0 aromatic rings. The fourth-order valence-electron chi connectivity index (χ4n) is 4.14. The Kier molecular flexibility index (Phi) is 8.73. The Hall–Kier alpha value is -0.320. The summed E-state index contributed by atoms with van der Waals surface area (Å²) in [6.45, 7) is 5.11. The van der Waals surface area contributed by atoms with Crippen LogP contribution in [0, 0.1) is 17.3 Å². The lowest BCUT2D eigenvalue weighted by atomic mass is 9.82. The van der Waals surface area contributed by atoms with Crippen LogP contribution < -0.4 is 11.1 Å². The second-order valence-electron chi connectivity index (χ2n) is 6.91. The van der Waals surface area contributed by atoms with Crippen molar-refractivity contribution < 1.29 is 9.53 Å².